The van der Waals surface area contributed by atoms with Gasteiger partial charge in [0.25, 0.3) is 0 Å². The van der Waals surface area contributed by atoms with E-state index in [1.54, 1.807) is 12.1 Å². The molecule has 5 heteroatoms. The molecule has 0 bridgehead atoms. The molecule has 1 aliphatic rings. The van der Waals surface area contributed by atoms with E-state index in [0.717, 1.165) is 12.8 Å². The van der Waals surface area contributed by atoms with Gasteiger partial charge < -0.3 is 10.4 Å². The van der Waals surface area contributed by atoms with Gasteiger partial charge in [0, 0.05) is 0 Å². The largest absolute Gasteiger partial charge is 0.480 e. The Labute approximate surface area is 110 Å². The first-order valence-electron chi connectivity index (χ1n) is 6.31. The van der Waals surface area contributed by atoms with Crippen molar-refractivity contribution >= 4 is 11.9 Å². The van der Waals surface area contributed by atoms with Crippen LogP contribution in [0.25, 0.3) is 0 Å². The van der Waals surface area contributed by atoms with Crippen molar-refractivity contribution in [2.24, 2.45) is 0 Å². The Balaban J connectivity index is 2.05. The Morgan fingerprint density at radius 2 is 1.89 bits per heavy atom. The van der Waals surface area contributed by atoms with Crippen LogP contribution in [0.5, 0.6) is 0 Å². The van der Waals surface area contributed by atoms with E-state index < -0.39 is 23.2 Å². The van der Waals surface area contributed by atoms with Crippen molar-refractivity contribution in [3.63, 3.8) is 0 Å². The van der Waals surface area contributed by atoms with Crippen LogP contribution in [0.3, 0.4) is 0 Å². The highest BCUT2D eigenvalue weighted by molar-refractivity contribution is 5.88. The van der Waals surface area contributed by atoms with Gasteiger partial charge in [0.1, 0.15) is 11.4 Å². The van der Waals surface area contributed by atoms with Crippen LogP contribution in [-0.4, -0.2) is 22.5 Å². The molecule has 0 heterocycles. The van der Waals surface area contributed by atoms with Crippen molar-refractivity contribution in [1.82, 2.24) is 5.32 Å². The minimum Gasteiger partial charge on any atom is -0.480 e. The summed E-state index contributed by atoms with van der Waals surface area (Å²) in [5.74, 6) is -1.91. The smallest absolute Gasteiger partial charge is 0.329 e. The van der Waals surface area contributed by atoms with Gasteiger partial charge in [-0.1, -0.05) is 31.0 Å². The first kappa shape index (κ1) is 13.5. The molecule has 19 heavy (non-hydrogen) atoms. The quantitative estimate of drug-likeness (QED) is 0.873. The van der Waals surface area contributed by atoms with E-state index in [9.17, 15) is 19.1 Å². The molecular weight excluding hydrogens is 249 g/mol. The lowest BCUT2D eigenvalue weighted by molar-refractivity contribution is -0.147. The van der Waals surface area contributed by atoms with E-state index in [-0.39, 0.29) is 12.0 Å². The second kappa shape index (κ2) is 5.38. The average Bonchev–Trinajstić information content (AvgIpc) is 2.82. The maximum Gasteiger partial charge on any atom is 0.329 e. The lowest BCUT2D eigenvalue weighted by atomic mass is 9.97. The van der Waals surface area contributed by atoms with E-state index in [0.29, 0.717) is 12.8 Å². The molecule has 0 saturated heterocycles. The fourth-order valence-corrected chi connectivity index (χ4v) is 2.50. The topological polar surface area (TPSA) is 66.4 Å². The summed E-state index contributed by atoms with van der Waals surface area (Å²) in [5.41, 5.74) is -0.888. The third-order valence-corrected chi connectivity index (χ3v) is 3.55. The summed E-state index contributed by atoms with van der Waals surface area (Å²) >= 11 is 0. The molecule has 102 valence electrons. The molecule has 0 radical (unpaired) electrons. The summed E-state index contributed by atoms with van der Waals surface area (Å²) in [4.78, 5) is 23.2. The third-order valence-electron chi connectivity index (χ3n) is 3.55. The van der Waals surface area contributed by atoms with Crippen LogP contribution in [0.15, 0.2) is 24.3 Å². The molecule has 2 N–H and O–H groups in total. The van der Waals surface area contributed by atoms with Crippen molar-refractivity contribution in [3.05, 3.63) is 35.6 Å². The number of carbonyl (C=O) groups is 2. The molecule has 1 aromatic rings. The van der Waals surface area contributed by atoms with Gasteiger partial charge >= 0.3 is 5.97 Å². The first-order chi connectivity index (χ1) is 9.03. The Morgan fingerprint density at radius 3 is 2.47 bits per heavy atom. The van der Waals surface area contributed by atoms with E-state index in [2.05, 4.69) is 5.32 Å². The number of carboxylic acids is 1. The number of rotatable bonds is 4. The number of nitrogens with one attached hydrogen (secondary N) is 1. The highest BCUT2D eigenvalue weighted by Gasteiger charge is 2.42. The zero-order chi connectivity index (χ0) is 13.9. The molecule has 1 aliphatic carbocycles. The molecule has 0 aliphatic heterocycles. The number of hydrogen-bond donors (Lipinski definition) is 2. The summed E-state index contributed by atoms with van der Waals surface area (Å²) in [6.07, 6.45) is 2.30. The summed E-state index contributed by atoms with van der Waals surface area (Å²) in [7, 11) is 0. The van der Waals surface area contributed by atoms with E-state index in [4.69, 9.17) is 0 Å². The normalized spacial score (nSPS) is 17.1. The second-order valence-corrected chi connectivity index (χ2v) is 4.91. The van der Waals surface area contributed by atoms with Crippen LogP contribution < -0.4 is 5.32 Å². The molecule has 1 saturated carbocycles. The third kappa shape index (κ3) is 2.92. The fraction of sp³-hybridized carbons (Fsp3) is 0.429. The van der Waals surface area contributed by atoms with Gasteiger partial charge in [-0.25, -0.2) is 9.18 Å². The maximum absolute atomic E-state index is 13.4. The number of halogens is 1. The van der Waals surface area contributed by atoms with Gasteiger partial charge in [0.2, 0.25) is 5.91 Å². The van der Waals surface area contributed by atoms with E-state index in [1.165, 1.54) is 12.1 Å². The van der Waals surface area contributed by atoms with Crippen LogP contribution in [0.1, 0.15) is 31.2 Å². The highest BCUT2D eigenvalue weighted by atomic mass is 19.1. The monoisotopic (exact) mass is 265 g/mol. The first-order valence-corrected chi connectivity index (χ1v) is 6.31. The van der Waals surface area contributed by atoms with Gasteiger partial charge in [0.15, 0.2) is 0 Å². The predicted octanol–water partition coefficient (Wildman–Crippen LogP) is 1.88. The van der Waals surface area contributed by atoms with E-state index >= 15 is 0 Å². The molecule has 1 aromatic carbocycles. The van der Waals surface area contributed by atoms with Crippen molar-refractivity contribution in [1.29, 1.82) is 0 Å². The van der Waals surface area contributed by atoms with Crippen LogP contribution in [0.2, 0.25) is 0 Å². The maximum atomic E-state index is 13.4. The van der Waals surface area contributed by atoms with Crippen molar-refractivity contribution in [3.8, 4) is 0 Å². The van der Waals surface area contributed by atoms with Gasteiger partial charge in [-0.2, -0.15) is 0 Å². The van der Waals surface area contributed by atoms with Crippen LogP contribution >= 0.6 is 0 Å². The average molecular weight is 265 g/mol. The minimum absolute atomic E-state index is 0.137. The predicted molar refractivity (Wildman–Crippen MR) is 67.1 cm³/mol. The highest BCUT2D eigenvalue weighted by Crippen LogP contribution is 2.30. The van der Waals surface area contributed by atoms with Gasteiger partial charge in [-0.3, -0.25) is 4.79 Å². The van der Waals surface area contributed by atoms with Crippen LogP contribution in [-0.2, 0) is 16.0 Å². The Morgan fingerprint density at radius 1 is 1.26 bits per heavy atom. The molecule has 1 amide bonds. The zero-order valence-electron chi connectivity index (χ0n) is 10.5. The molecule has 0 aromatic heterocycles. The number of hydrogen-bond acceptors (Lipinski definition) is 2. The Bertz CT molecular complexity index is 495. The zero-order valence-corrected chi connectivity index (χ0v) is 10.5. The van der Waals surface area contributed by atoms with Gasteiger partial charge in [-0.15, -0.1) is 0 Å². The Hall–Kier alpha value is -1.91. The lowest BCUT2D eigenvalue weighted by Crippen LogP contribution is -2.53. The standard InChI is InChI=1S/C14H16FNO3/c15-11-6-2-1-5-10(11)9-12(17)16-14(13(18)19)7-3-4-8-14/h1-2,5-6H,3-4,7-9H2,(H,16,17)(H,18,19). The number of amides is 1. The number of carbonyl (C=O) groups excluding carboxylic acids is 1. The molecule has 2 rings (SSSR count). The minimum atomic E-state index is -1.16. The molecule has 0 spiro atoms. The Kier molecular flexibility index (Phi) is 3.83. The van der Waals surface area contributed by atoms with Crippen molar-refractivity contribution in [2.75, 3.05) is 0 Å². The van der Waals surface area contributed by atoms with Gasteiger partial charge in [0.05, 0.1) is 6.42 Å². The fourth-order valence-electron chi connectivity index (χ4n) is 2.50. The number of benzene rings is 1. The summed E-state index contributed by atoms with van der Waals surface area (Å²) in [6, 6.07) is 6.00. The van der Waals surface area contributed by atoms with Gasteiger partial charge in [-0.05, 0) is 24.5 Å². The SMILES string of the molecule is O=C(Cc1ccccc1F)NC1(C(=O)O)CCCC1. The number of aliphatic carboxylic acids is 1. The summed E-state index contributed by atoms with van der Waals surface area (Å²) in [6.45, 7) is 0. The summed E-state index contributed by atoms with van der Waals surface area (Å²) < 4.78 is 13.4. The molecule has 1 fully saturated rings. The van der Waals surface area contributed by atoms with Crippen LogP contribution in [0.4, 0.5) is 4.39 Å². The van der Waals surface area contributed by atoms with Crippen molar-refractivity contribution < 1.29 is 19.1 Å². The molecule has 0 unspecified atom stereocenters. The lowest BCUT2D eigenvalue weighted by Gasteiger charge is -2.25. The second-order valence-electron chi connectivity index (χ2n) is 4.91. The van der Waals surface area contributed by atoms with Crippen molar-refractivity contribution in [2.45, 2.75) is 37.6 Å². The number of carboxylic acid groups (broad SMARTS) is 1. The molecule has 0 atom stereocenters. The molecule has 4 nitrogen and oxygen atoms in total. The summed E-state index contributed by atoms with van der Waals surface area (Å²) in [5, 5.41) is 11.8. The molecular formula is C14H16FNO3. The van der Waals surface area contributed by atoms with E-state index in [1.807, 2.05) is 0 Å². The van der Waals surface area contributed by atoms with Crippen LogP contribution in [0, 0.1) is 5.82 Å².